The highest BCUT2D eigenvalue weighted by molar-refractivity contribution is 9.09. The van der Waals surface area contributed by atoms with Gasteiger partial charge in [-0.3, -0.25) is 0 Å². The van der Waals surface area contributed by atoms with Gasteiger partial charge in [-0.1, -0.05) is 107 Å². The van der Waals surface area contributed by atoms with Gasteiger partial charge in [-0.25, -0.2) is 0 Å². The van der Waals surface area contributed by atoms with Crippen molar-refractivity contribution in [2.24, 2.45) is 0 Å². The fourth-order valence-corrected chi connectivity index (χ4v) is 4.72. The van der Waals surface area contributed by atoms with E-state index >= 15 is 0 Å². The minimum atomic E-state index is 0.789. The maximum Gasteiger partial charge on any atom is 0.130 e. The Labute approximate surface area is 206 Å². The van der Waals surface area contributed by atoms with Gasteiger partial charge >= 0.3 is 0 Å². The zero-order valence-electron chi connectivity index (χ0n) is 19.3. The maximum absolute atomic E-state index is 6.26. The molecule has 0 radical (unpaired) electrons. The predicted molar refractivity (Wildman–Crippen MR) is 143 cm³/mol. The van der Waals surface area contributed by atoms with Crippen LogP contribution in [0.3, 0.4) is 0 Å². The van der Waals surface area contributed by atoms with Crippen molar-refractivity contribution in [1.29, 1.82) is 0 Å². The van der Waals surface area contributed by atoms with Gasteiger partial charge in [0.2, 0.25) is 0 Å². The number of rotatable bonds is 18. The number of benzene rings is 2. The average molecular weight is 556 g/mol. The topological polar surface area (TPSA) is 18.5 Å². The summed E-state index contributed by atoms with van der Waals surface area (Å²) in [5.74, 6) is 2.01. The Morgan fingerprint density at radius 2 is 1.10 bits per heavy atom. The first kappa shape index (κ1) is 26.5. The Morgan fingerprint density at radius 1 is 0.613 bits per heavy atom. The summed E-state index contributed by atoms with van der Waals surface area (Å²) in [6, 6.07) is 10.7. The minimum absolute atomic E-state index is 0.789. The van der Waals surface area contributed by atoms with Gasteiger partial charge < -0.3 is 9.47 Å². The Morgan fingerprint density at radius 3 is 1.68 bits per heavy atom. The second-order valence-corrected chi connectivity index (χ2v) is 9.97. The van der Waals surface area contributed by atoms with E-state index in [1.807, 2.05) is 0 Å². The number of unbranched alkanes of at least 4 members (excludes halogenated alkanes) is 10. The summed E-state index contributed by atoms with van der Waals surface area (Å²) < 4.78 is 12.5. The van der Waals surface area contributed by atoms with E-state index in [2.05, 4.69) is 69.1 Å². The molecular formula is C27H40Br2O2. The normalized spacial score (nSPS) is 11.2. The lowest BCUT2D eigenvalue weighted by atomic mass is 10.0. The van der Waals surface area contributed by atoms with E-state index in [4.69, 9.17) is 9.47 Å². The van der Waals surface area contributed by atoms with Crippen LogP contribution in [0, 0.1) is 6.92 Å². The van der Waals surface area contributed by atoms with Crippen molar-refractivity contribution in [3.63, 3.8) is 0 Å². The largest absolute Gasteiger partial charge is 0.493 e. The highest BCUT2D eigenvalue weighted by Crippen LogP contribution is 2.36. The molecule has 0 aliphatic carbocycles. The molecule has 0 aliphatic rings. The van der Waals surface area contributed by atoms with Crippen LogP contribution in [0.1, 0.15) is 82.6 Å². The van der Waals surface area contributed by atoms with Crippen LogP contribution in [0.25, 0.3) is 10.8 Å². The molecule has 0 N–H and O–H groups in total. The Kier molecular flexibility index (Phi) is 14.4. The van der Waals surface area contributed by atoms with Crippen molar-refractivity contribution in [2.75, 3.05) is 23.9 Å². The summed E-state index contributed by atoms with van der Waals surface area (Å²) in [5.41, 5.74) is 1.17. The van der Waals surface area contributed by atoms with E-state index < -0.39 is 0 Å². The molecule has 0 spiro atoms. The SMILES string of the molecule is Cc1cc(OCCCCCCCCBr)c2ccccc2c1OCCCCCCCCBr. The van der Waals surface area contributed by atoms with E-state index in [1.165, 1.54) is 75.2 Å². The van der Waals surface area contributed by atoms with Gasteiger partial charge in [0.25, 0.3) is 0 Å². The van der Waals surface area contributed by atoms with Crippen LogP contribution in [0.2, 0.25) is 0 Å². The third-order valence-corrected chi connectivity index (χ3v) is 6.82. The lowest BCUT2D eigenvalue weighted by Crippen LogP contribution is -2.02. The lowest BCUT2D eigenvalue weighted by molar-refractivity contribution is 0.300. The molecule has 0 aromatic heterocycles. The number of ether oxygens (including phenoxy) is 2. The number of halogens is 2. The predicted octanol–water partition coefficient (Wildman–Crippen LogP) is 9.38. The highest BCUT2D eigenvalue weighted by Gasteiger charge is 2.11. The third-order valence-electron chi connectivity index (χ3n) is 5.70. The molecule has 0 saturated heterocycles. The molecule has 0 atom stereocenters. The molecule has 2 rings (SSSR count). The average Bonchev–Trinajstić information content (AvgIpc) is 2.79. The number of hydrogen-bond donors (Lipinski definition) is 0. The van der Waals surface area contributed by atoms with Gasteiger partial charge in [0, 0.05) is 21.4 Å². The molecule has 2 aromatic carbocycles. The van der Waals surface area contributed by atoms with E-state index in [-0.39, 0.29) is 0 Å². The van der Waals surface area contributed by atoms with Crippen LogP contribution in [-0.4, -0.2) is 23.9 Å². The van der Waals surface area contributed by atoms with Gasteiger partial charge in [-0.05, 0) is 44.2 Å². The van der Waals surface area contributed by atoms with Crippen LogP contribution in [0.15, 0.2) is 30.3 Å². The Balaban J connectivity index is 1.82. The fourth-order valence-electron chi connectivity index (χ4n) is 3.92. The summed E-state index contributed by atoms with van der Waals surface area (Å²) >= 11 is 7.00. The van der Waals surface area contributed by atoms with Crippen LogP contribution in [0.4, 0.5) is 0 Å². The molecule has 0 aliphatic heterocycles. The van der Waals surface area contributed by atoms with E-state index in [0.717, 1.165) is 53.6 Å². The lowest BCUT2D eigenvalue weighted by Gasteiger charge is -2.16. The van der Waals surface area contributed by atoms with Gasteiger partial charge in [-0.2, -0.15) is 0 Å². The van der Waals surface area contributed by atoms with Crippen molar-refractivity contribution >= 4 is 42.6 Å². The molecule has 2 aromatic rings. The zero-order valence-corrected chi connectivity index (χ0v) is 22.4. The van der Waals surface area contributed by atoms with E-state index in [9.17, 15) is 0 Å². The number of alkyl halides is 2. The summed E-state index contributed by atoms with van der Waals surface area (Å²) in [5, 5.41) is 4.58. The first-order valence-corrected chi connectivity index (χ1v) is 14.4. The van der Waals surface area contributed by atoms with E-state index in [0.29, 0.717) is 0 Å². The number of aryl methyl sites for hydroxylation is 1. The van der Waals surface area contributed by atoms with Gasteiger partial charge in [0.05, 0.1) is 13.2 Å². The van der Waals surface area contributed by atoms with Gasteiger partial charge in [0.1, 0.15) is 11.5 Å². The maximum atomic E-state index is 6.26. The first-order chi connectivity index (χ1) is 15.3. The molecule has 0 fully saturated rings. The summed E-state index contributed by atoms with van der Waals surface area (Å²) in [6.45, 7) is 3.72. The summed E-state index contributed by atoms with van der Waals surface area (Å²) in [4.78, 5) is 0. The van der Waals surface area contributed by atoms with Crippen molar-refractivity contribution < 1.29 is 9.47 Å². The molecule has 0 saturated carbocycles. The van der Waals surface area contributed by atoms with Crippen molar-refractivity contribution in [3.05, 3.63) is 35.9 Å². The van der Waals surface area contributed by atoms with E-state index in [1.54, 1.807) is 0 Å². The fraction of sp³-hybridized carbons (Fsp3) is 0.630. The summed E-state index contributed by atoms with van der Waals surface area (Å²) in [6.07, 6.45) is 15.2. The molecule has 4 heteroatoms. The first-order valence-electron chi connectivity index (χ1n) is 12.2. The summed E-state index contributed by atoms with van der Waals surface area (Å²) in [7, 11) is 0. The standard InChI is InChI=1S/C27H40Br2O2/c1-23-22-26(30-20-14-8-4-2-6-12-18-28)24-16-10-11-17-25(24)27(23)31-21-15-9-5-3-7-13-19-29/h10-11,16-17,22H,2-9,12-15,18-21H2,1H3. The molecule has 0 unspecified atom stereocenters. The molecular weight excluding hydrogens is 516 g/mol. The smallest absolute Gasteiger partial charge is 0.130 e. The molecule has 174 valence electrons. The molecule has 2 nitrogen and oxygen atoms in total. The van der Waals surface area contributed by atoms with Crippen LogP contribution in [0.5, 0.6) is 11.5 Å². The van der Waals surface area contributed by atoms with Gasteiger partial charge in [-0.15, -0.1) is 0 Å². The van der Waals surface area contributed by atoms with Crippen molar-refractivity contribution in [2.45, 2.75) is 84.0 Å². The monoisotopic (exact) mass is 554 g/mol. The quantitative estimate of drug-likeness (QED) is 0.135. The Bertz CT molecular complexity index is 732. The highest BCUT2D eigenvalue weighted by atomic mass is 79.9. The van der Waals surface area contributed by atoms with Crippen LogP contribution in [-0.2, 0) is 0 Å². The van der Waals surface area contributed by atoms with Crippen LogP contribution < -0.4 is 9.47 Å². The molecule has 0 amide bonds. The van der Waals surface area contributed by atoms with Crippen LogP contribution >= 0.6 is 31.9 Å². The van der Waals surface area contributed by atoms with Crippen molar-refractivity contribution in [3.8, 4) is 11.5 Å². The third kappa shape index (κ3) is 10.2. The second kappa shape index (κ2) is 16.8. The molecule has 0 bridgehead atoms. The molecule has 0 heterocycles. The minimum Gasteiger partial charge on any atom is -0.493 e. The molecule has 31 heavy (non-hydrogen) atoms. The number of hydrogen-bond acceptors (Lipinski definition) is 2. The number of fused-ring (bicyclic) bond motifs is 1. The zero-order chi connectivity index (χ0) is 22.2. The van der Waals surface area contributed by atoms with Crippen molar-refractivity contribution in [1.82, 2.24) is 0 Å². The van der Waals surface area contributed by atoms with Gasteiger partial charge in [0.15, 0.2) is 0 Å². The second-order valence-electron chi connectivity index (χ2n) is 8.38. The Hall–Kier alpha value is -0.740.